The zero-order chi connectivity index (χ0) is 20.7. The highest BCUT2D eigenvalue weighted by Gasteiger charge is 2.51. The van der Waals surface area contributed by atoms with Gasteiger partial charge in [-0.3, -0.25) is 14.9 Å². The van der Waals surface area contributed by atoms with Crippen molar-refractivity contribution in [3.63, 3.8) is 0 Å². The fourth-order valence-corrected chi connectivity index (χ4v) is 4.48. The Morgan fingerprint density at radius 2 is 2.04 bits per heavy atom. The van der Waals surface area contributed by atoms with Gasteiger partial charge in [0.05, 0.1) is 18.3 Å². The summed E-state index contributed by atoms with van der Waals surface area (Å²) in [4.78, 5) is 21.7. The van der Waals surface area contributed by atoms with Crippen LogP contribution in [0.4, 0.5) is 0 Å². The summed E-state index contributed by atoms with van der Waals surface area (Å²) in [7, 11) is 0. The summed E-state index contributed by atoms with van der Waals surface area (Å²) in [5, 5.41) is 40.6. The molecule has 3 N–H and O–H groups in total. The maximum atomic E-state index is 11.4. The van der Waals surface area contributed by atoms with Gasteiger partial charge in [0.25, 0.3) is 0 Å². The molecule has 0 amide bonds. The van der Waals surface area contributed by atoms with Crippen molar-refractivity contribution in [2.75, 3.05) is 0 Å². The average molecular weight is 399 g/mol. The third-order valence-corrected chi connectivity index (χ3v) is 5.99. The van der Waals surface area contributed by atoms with E-state index in [0.717, 1.165) is 19.3 Å². The molecule has 2 fully saturated rings. The van der Waals surface area contributed by atoms with E-state index in [9.17, 15) is 25.1 Å². The molecule has 0 aromatic rings. The molecule has 160 valence electrons. The van der Waals surface area contributed by atoms with E-state index >= 15 is 0 Å². The smallest absolute Gasteiger partial charge is 0.303 e. The van der Waals surface area contributed by atoms with Gasteiger partial charge in [0.2, 0.25) is 6.04 Å². The van der Waals surface area contributed by atoms with Crippen molar-refractivity contribution in [3.05, 3.63) is 22.3 Å². The fraction of sp³-hybridized carbons (Fsp3) is 0.850. The monoisotopic (exact) mass is 399 g/mol. The zero-order valence-electron chi connectivity index (χ0n) is 16.5. The van der Waals surface area contributed by atoms with E-state index in [-0.39, 0.29) is 42.1 Å². The van der Waals surface area contributed by atoms with E-state index in [1.807, 2.05) is 6.08 Å². The number of carboxylic acids is 1. The van der Waals surface area contributed by atoms with Crippen molar-refractivity contribution in [2.24, 2.45) is 11.8 Å². The molecule has 1 saturated carbocycles. The van der Waals surface area contributed by atoms with Gasteiger partial charge in [0.1, 0.15) is 6.10 Å². The largest absolute Gasteiger partial charge is 0.481 e. The number of carboxylic acid groups (broad SMARTS) is 1. The highest BCUT2D eigenvalue weighted by Crippen LogP contribution is 2.45. The Kier molecular flexibility index (Phi) is 8.85. The lowest BCUT2D eigenvalue weighted by molar-refractivity contribution is -0.535. The number of aliphatic carboxylic acids is 1. The van der Waals surface area contributed by atoms with E-state index in [1.165, 1.54) is 0 Å². The summed E-state index contributed by atoms with van der Waals surface area (Å²) in [5.41, 5.74) is 0. The van der Waals surface area contributed by atoms with Gasteiger partial charge in [-0.25, -0.2) is 0 Å². The predicted molar refractivity (Wildman–Crippen MR) is 102 cm³/mol. The molecule has 8 heteroatoms. The number of rotatable bonds is 12. The van der Waals surface area contributed by atoms with Crippen LogP contribution in [-0.2, 0) is 9.53 Å². The molecular formula is C20H33NO7. The van der Waals surface area contributed by atoms with Crippen LogP contribution in [0.5, 0.6) is 0 Å². The third-order valence-electron chi connectivity index (χ3n) is 5.99. The lowest BCUT2D eigenvalue weighted by Gasteiger charge is -2.20. The maximum absolute atomic E-state index is 11.4. The van der Waals surface area contributed by atoms with Crippen molar-refractivity contribution in [1.29, 1.82) is 0 Å². The Hall–Kier alpha value is -1.51. The van der Waals surface area contributed by atoms with Crippen molar-refractivity contribution in [2.45, 2.75) is 95.2 Å². The average Bonchev–Trinajstić information content (AvgIpc) is 3.13. The molecule has 1 heterocycles. The minimum atomic E-state index is -0.961. The van der Waals surface area contributed by atoms with Crippen molar-refractivity contribution < 1.29 is 29.8 Å². The van der Waals surface area contributed by atoms with Crippen molar-refractivity contribution >= 4 is 5.97 Å². The van der Waals surface area contributed by atoms with Crippen LogP contribution in [-0.4, -0.2) is 56.7 Å². The number of aliphatic hydroxyl groups excluding tert-OH is 2. The summed E-state index contributed by atoms with van der Waals surface area (Å²) in [5.74, 6) is -1.15. The Balaban J connectivity index is 1.93. The fourth-order valence-electron chi connectivity index (χ4n) is 4.48. The van der Waals surface area contributed by atoms with E-state index in [0.29, 0.717) is 19.3 Å². The first-order chi connectivity index (χ1) is 13.3. The Bertz CT molecular complexity index is 553. The molecule has 0 radical (unpaired) electrons. The molecule has 0 spiro atoms. The van der Waals surface area contributed by atoms with Gasteiger partial charge in [-0.15, -0.1) is 0 Å². The SMILES string of the molecule is CCCCC[C@@H](O)/C=C\[C@@H]1[C@H]2CC(C(CCCC(=O)O)[N+](=O)[O-])O[C@H]2C[C@H]1O. The highest BCUT2D eigenvalue weighted by molar-refractivity contribution is 5.66. The number of nitrogens with zero attached hydrogens (tertiary/aromatic N) is 1. The molecule has 2 aliphatic rings. The normalized spacial score (nSPS) is 31.8. The van der Waals surface area contributed by atoms with Crippen LogP contribution in [0.15, 0.2) is 12.2 Å². The van der Waals surface area contributed by atoms with Crippen LogP contribution < -0.4 is 0 Å². The standard InChI is InChI=1S/C20H33NO7/c1-2-3-4-6-13(22)9-10-14-15-11-19(28-18(15)12-17(14)23)16(21(26)27)7-5-8-20(24)25/h9-10,13-19,22-23H,2-8,11-12H2,1H3,(H,24,25)/b10-9-/t13-,14-,15-,16?,17-,18+,19?/m1/s1. The predicted octanol–water partition coefficient (Wildman–Crippen LogP) is 2.54. The van der Waals surface area contributed by atoms with Gasteiger partial charge in [-0.2, -0.15) is 0 Å². The summed E-state index contributed by atoms with van der Waals surface area (Å²) < 4.78 is 5.91. The van der Waals surface area contributed by atoms with E-state index < -0.39 is 30.3 Å². The number of hydrogen-bond acceptors (Lipinski definition) is 6. The number of nitro groups is 1. The number of unbranched alkanes of at least 4 members (excludes halogenated alkanes) is 2. The number of ether oxygens (including phenoxy) is 1. The van der Waals surface area contributed by atoms with Gasteiger partial charge in [-0.1, -0.05) is 38.3 Å². The van der Waals surface area contributed by atoms with Crippen LogP contribution in [0.2, 0.25) is 0 Å². The van der Waals surface area contributed by atoms with E-state index in [4.69, 9.17) is 9.84 Å². The molecule has 1 aliphatic heterocycles. The van der Waals surface area contributed by atoms with Crippen LogP contribution in [0, 0.1) is 22.0 Å². The minimum absolute atomic E-state index is 0.0129. The molecule has 0 aromatic carbocycles. The van der Waals surface area contributed by atoms with Crippen molar-refractivity contribution in [1.82, 2.24) is 0 Å². The van der Waals surface area contributed by atoms with Crippen LogP contribution in [0.3, 0.4) is 0 Å². The summed E-state index contributed by atoms with van der Waals surface area (Å²) in [6, 6.07) is -0.925. The van der Waals surface area contributed by atoms with E-state index in [2.05, 4.69) is 6.92 Å². The molecular weight excluding hydrogens is 366 g/mol. The number of carbonyl (C=O) groups is 1. The third kappa shape index (κ3) is 6.25. The molecule has 1 aliphatic carbocycles. The first-order valence-corrected chi connectivity index (χ1v) is 10.4. The molecule has 28 heavy (non-hydrogen) atoms. The first-order valence-electron chi connectivity index (χ1n) is 10.4. The zero-order valence-corrected chi connectivity index (χ0v) is 16.5. The number of hydrogen-bond donors (Lipinski definition) is 3. The molecule has 0 aromatic heterocycles. The minimum Gasteiger partial charge on any atom is -0.481 e. The molecule has 0 bridgehead atoms. The lowest BCUT2D eigenvalue weighted by atomic mass is 9.87. The quantitative estimate of drug-likeness (QED) is 0.199. The Morgan fingerprint density at radius 3 is 2.68 bits per heavy atom. The van der Waals surface area contributed by atoms with Gasteiger partial charge >= 0.3 is 5.97 Å². The molecule has 2 rings (SSSR count). The Labute approximate surface area is 165 Å². The van der Waals surface area contributed by atoms with Crippen LogP contribution >= 0.6 is 0 Å². The topological polar surface area (TPSA) is 130 Å². The van der Waals surface area contributed by atoms with Crippen molar-refractivity contribution in [3.8, 4) is 0 Å². The second kappa shape index (κ2) is 10.9. The molecule has 7 atom stereocenters. The van der Waals surface area contributed by atoms with Gasteiger partial charge in [-0.05, 0) is 25.2 Å². The molecule has 2 unspecified atom stereocenters. The van der Waals surface area contributed by atoms with E-state index in [1.54, 1.807) is 6.08 Å². The number of aliphatic hydroxyl groups is 2. The summed E-state index contributed by atoms with van der Waals surface area (Å²) in [6.45, 7) is 2.10. The number of fused-ring (bicyclic) bond motifs is 1. The highest BCUT2D eigenvalue weighted by atomic mass is 16.6. The van der Waals surface area contributed by atoms with Gasteiger partial charge in [0.15, 0.2) is 0 Å². The van der Waals surface area contributed by atoms with Gasteiger partial charge in [0, 0.05) is 30.1 Å². The second-order valence-electron chi connectivity index (χ2n) is 8.08. The summed E-state index contributed by atoms with van der Waals surface area (Å²) in [6.07, 6.45) is 6.70. The summed E-state index contributed by atoms with van der Waals surface area (Å²) >= 11 is 0. The molecule has 8 nitrogen and oxygen atoms in total. The lowest BCUT2D eigenvalue weighted by Crippen LogP contribution is -2.35. The first kappa shape index (κ1) is 22.8. The van der Waals surface area contributed by atoms with Crippen LogP contribution in [0.25, 0.3) is 0 Å². The molecule has 1 saturated heterocycles. The maximum Gasteiger partial charge on any atom is 0.303 e. The Morgan fingerprint density at radius 1 is 1.29 bits per heavy atom. The second-order valence-corrected chi connectivity index (χ2v) is 8.08. The van der Waals surface area contributed by atoms with Gasteiger partial charge < -0.3 is 20.1 Å². The van der Waals surface area contributed by atoms with Crippen LogP contribution in [0.1, 0.15) is 64.7 Å².